The van der Waals surface area contributed by atoms with Crippen LogP contribution in [0, 0.1) is 0 Å². The fourth-order valence-corrected chi connectivity index (χ4v) is 3.83. The zero-order valence-corrected chi connectivity index (χ0v) is 22.4. The lowest BCUT2D eigenvalue weighted by Gasteiger charge is -2.23. The number of methoxy groups -OCH3 is 1. The van der Waals surface area contributed by atoms with E-state index in [0.29, 0.717) is 46.8 Å². The van der Waals surface area contributed by atoms with E-state index in [-0.39, 0.29) is 17.9 Å². The zero-order valence-electron chi connectivity index (χ0n) is 20.8. The number of nitrogens with zero attached hydrogens (tertiary/aromatic N) is 3. The molecule has 0 saturated carbocycles. The second kappa shape index (κ2) is 12.3. The molecule has 0 bridgehead atoms. The molecule has 2 N–H and O–H groups in total. The Balaban J connectivity index is 1.81. The highest BCUT2D eigenvalue weighted by Gasteiger charge is 2.24. The summed E-state index contributed by atoms with van der Waals surface area (Å²) in [6.45, 7) is 6.72. The van der Waals surface area contributed by atoms with Crippen molar-refractivity contribution in [3.8, 4) is 5.69 Å². The van der Waals surface area contributed by atoms with Crippen LogP contribution in [0.1, 0.15) is 32.9 Å². The van der Waals surface area contributed by atoms with Crippen molar-refractivity contribution in [1.29, 1.82) is 0 Å². The second-order valence-electron chi connectivity index (χ2n) is 9.28. The van der Waals surface area contributed by atoms with Crippen LogP contribution in [0.3, 0.4) is 0 Å². The first-order chi connectivity index (χ1) is 17.1. The summed E-state index contributed by atoms with van der Waals surface area (Å²) in [5.41, 5.74) is 1.71. The Labute approximate surface area is 221 Å². The van der Waals surface area contributed by atoms with Crippen LogP contribution < -0.4 is 10.6 Å². The molecule has 0 fully saturated rings. The van der Waals surface area contributed by atoms with E-state index >= 15 is 0 Å². The number of para-hydroxylation sites is 1. The van der Waals surface area contributed by atoms with Gasteiger partial charge in [0.05, 0.1) is 16.4 Å². The van der Waals surface area contributed by atoms with Crippen molar-refractivity contribution in [3.05, 3.63) is 70.3 Å². The van der Waals surface area contributed by atoms with Gasteiger partial charge in [-0.15, -0.1) is 0 Å². The average Bonchev–Trinajstić information content (AvgIpc) is 3.23. The molecule has 0 aliphatic heterocycles. The maximum atomic E-state index is 13.1. The molecule has 1 aromatic heterocycles. The van der Waals surface area contributed by atoms with Crippen molar-refractivity contribution >= 4 is 46.6 Å². The number of anilines is 2. The smallest absolute Gasteiger partial charge is 0.322 e. The molecule has 0 radical (unpaired) electrons. The molecule has 2 aromatic carbocycles. The second-order valence-corrected chi connectivity index (χ2v) is 10.1. The van der Waals surface area contributed by atoms with E-state index in [1.165, 1.54) is 4.90 Å². The first kappa shape index (κ1) is 27.5. The number of nitrogens with one attached hydrogen (secondary N) is 2. The van der Waals surface area contributed by atoms with Crippen LogP contribution in [0.5, 0.6) is 0 Å². The monoisotopic (exact) mass is 531 g/mol. The predicted octanol–water partition coefficient (Wildman–Crippen LogP) is 5.99. The van der Waals surface area contributed by atoms with Crippen molar-refractivity contribution in [2.75, 3.05) is 37.4 Å². The summed E-state index contributed by atoms with van der Waals surface area (Å²) in [4.78, 5) is 27.6. The first-order valence-electron chi connectivity index (χ1n) is 11.5. The summed E-state index contributed by atoms with van der Waals surface area (Å²) in [7, 11) is 1.59. The summed E-state index contributed by atoms with van der Waals surface area (Å²) in [5.74, 6) is 0.0902. The normalized spacial score (nSPS) is 11.3. The predicted molar refractivity (Wildman–Crippen MR) is 144 cm³/mol. The van der Waals surface area contributed by atoms with Crippen LogP contribution >= 0.6 is 23.2 Å². The molecule has 0 aliphatic rings. The molecule has 0 aliphatic carbocycles. The van der Waals surface area contributed by atoms with Crippen LogP contribution in [0.4, 0.5) is 16.3 Å². The van der Waals surface area contributed by atoms with Gasteiger partial charge in [0.25, 0.3) is 0 Å². The topological polar surface area (TPSA) is 88.5 Å². The van der Waals surface area contributed by atoms with Gasteiger partial charge in [0.2, 0.25) is 5.91 Å². The minimum Gasteiger partial charge on any atom is -0.385 e. The average molecular weight is 532 g/mol. The first-order valence-corrected chi connectivity index (χ1v) is 12.3. The molecule has 3 aromatic rings. The molecular weight excluding hydrogens is 501 g/mol. The summed E-state index contributed by atoms with van der Waals surface area (Å²) >= 11 is 12.5. The lowest BCUT2D eigenvalue weighted by atomic mass is 9.92. The van der Waals surface area contributed by atoms with Gasteiger partial charge in [0.1, 0.15) is 12.4 Å². The Morgan fingerprint density at radius 3 is 2.47 bits per heavy atom. The number of hydrogen-bond acceptors (Lipinski definition) is 4. The molecule has 0 spiro atoms. The van der Waals surface area contributed by atoms with E-state index in [4.69, 9.17) is 33.0 Å². The van der Waals surface area contributed by atoms with E-state index in [1.54, 1.807) is 42.1 Å². The minimum atomic E-state index is -0.418. The molecule has 0 saturated heterocycles. The molecule has 3 rings (SSSR count). The van der Waals surface area contributed by atoms with Crippen molar-refractivity contribution < 1.29 is 14.3 Å². The lowest BCUT2D eigenvalue weighted by molar-refractivity contribution is -0.116. The third-order valence-electron chi connectivity index (χ3n) is 5.30. The van der Waals surface area contributed by atoms with Crippen molar-refractivity contribution in [3.63, 3.8) is 0 Å². The van der Waals surface area contributed by atoms with Crippen LogP contribution in [-0.2, 0) is 14.9 Å². The van der Waals surface area contributed by atoms with Crippen molar-refractivity contribution in [2.24, 2.45) is 0 Å². The van der Waals surface area contributed by atoms with Crippen LogP contribution in [0.2, 0.25) is 10.0 Å². The Kier molecular flexibility index (Phi) is 9.37. The minimum absolute atomic E-state index is 0.172. The Morgan fingerprint density at radius 1 is 1.06 bits per heavy atom. The van der Waals surface area contributed by atoms with Gasteiger partial charge in [0.15, 0.2) is 0 Å². The van der Waals surface area contributed by atoms with Gasteiger partial charge in [-0.1, -0.05) is 62.2 Å². The molecule has 0 unspecified atom stereocenters. The molecule has 10 heteroatoms. The molecule has 8 nitrogen and oxygen atoms in total. The number of carbonyl (C=O) groups excluding carboxylic acids is 2. The fraction of sp³-hybridized carbons (Fsp3) is 0.346. The zero-order chi connectivity index (χ0) is 26.3. The van der Waals surface area contributed by atoms with Crippen molar-refractivity contribution in [1.82, 2.24) is 14.7 Å². The molecule has 36 heavy (non-hydrogen) atoms. The van der Waals surface area contributed by atoms with Crippen LogP contribution in [0.25, 0.3) is 5.69 Å². The van der Waals surface area contributed by atoms with Gasteiger partial charge in [-0.3, -0.25) is 4.79 Å². The van der Waals surface area contributed by atoms with E-state index in [9.17, 15) is 9.59 Å². The standard InChI is InChI=1S/C26H31Cl2N5O3/c1-26(2,3)22-16-23(33(31-22)21-12-6-5-11-20(21)28)30-24(34)17-32(13-8-14-36-4)25(35)29-19-10-7-9-18(27)15-19/h5-7,9-12,15-16H,8,13-14,17H2,1-4H3,(H,29,35)(H,30,34). The Hall–Kier alpha value is -3.07. The largest absolute Gasteiger partial charge is 0.385 e. The highest BCUT2D eigenvalue weighted by atomic mass is 35.5. The number of hydrogen-bond donors (Lipinski definition) is 2. The van der Waals surface area contributed by atoms with Gasteiger partial charge in [-0.05, 0) is 36.8 Å². The summed E-state index contributed by atoms with van der Waals surface area (Å²) in [6, 6.07) is 15.5. The highest BCUT2D eigenvalue weighted by Crippen LogP contribution is 2.29. The third-order valence-corrected chi connectivity index (χ3v) is 5.85. The number of halogens is 2. The van der Waals surface area contributed by atoms with Crippen LogP contribution in [0.15, 0.2) is 54.6 Å². The van der Waals surface area contributed by atoms with Gasteiger partial charge in [-0.25, -0.2) is 9.48 Å². The summed E-state index contributed by atoms with van der Waals surface area (Å²) < 4.78 is 6.73. The van der Waals surface area contributed by atoms with E-state index in [2.05, 4.69) is 10.6 Å². The van der Waals surface area contributed by atoms with E-state index < -0.39 is 6.03 Å². The number of aromatic nitrogens is 2. The summed E-state index contributed by atoms with van der Waals surface area (Å²) in [6.07, 6.45) is 0.568. The number of urea groups is 1. The summed E-state index contributed by atoms with van der Waals surface area (Å²) in [5, 5.41) is 11.4. The maximum Gasteiger partial charge on any atom is 0.322 e. The van der Waals surface area contributed by atoms with Crippen LogP contribution in [-0.4, -0.2) is 53.4 Å². The maximum absolute atomic E-state index is 13.1. The quantitative estimate of drug-likeness (QED) is 0.332. The number of carbonyl (C=O) groups is 2. The molecular formula is C26H31Cl2N5O3. The lowest BCUT2D eigenvalue weighted by Crippen LogP contribution is -2.41. The van der Waals surface area contributed by atoms with Crippen molar-refractivity contribution in [2.45, 2.75) is 32.6 Å². The number of ether oxygens (including phenoxy) is 1. The molecule has 3 amide bonds. The SMILES string of the molecule is COCCCN(CC(=O)Nc1cc(C(C)(C)C)nn1-c1ccccc1Cl)C(=O)Nc1cccc(Cl)c1. The number of rotatable bonds is 9. The van der Waals surface area contributed by atoms with Gasteiger partial charge < -0.3 is 20.3 Å². The van der Waals surface area contributed by atoms with Gasteiger partial charge in [0, 0.05) is 42.5 Å². The Bertz CT molecular complexity index is 1210. The van der Waals surface area contributed by atoms with Gasteiger partial charge >= 0.3 is 6.03 Å². The molecule has 0 atom stereocenters. The Morgan fingerprint density at radius 2 is 1.81 bits per heavy atom. The number of benzene rings is 2. The third kappa shape index (κ3) is 7.46. The number of amides is 3. The van der Waals surface area contributed by atoms with Gasteiger partial charge in [-0.2, -0.15) is 5.10 Å². The molecule has 192 valence electrons. The highest BCUT2D eigenvalue weighted by molar-refractivity contribution is 6.32. The van der Waals surface area contributed by atoms with E-state index in [0.717, 1.165) is 5.69 Å². The fourth-order valence-electron chi connectivity index (χ4n) is 3.42. The molecule has 1 heterocycles. The van der Waals surface area contributed by atoms with E-state index in [1.807, 2.05) is 45.0 Å².